The molecule has 1 N–H and O–H groups in total. The smallest absolute Gasteiger partial charge is 0.108 e. The van der Waals surface area contributed by atoms with Gasteiger partial charge in [-0.25, -0.2) is 0 Å². The zero-order valence-electron chi connectivity index (χ0n) is 8.83. The monoisotopic (exact) mass is 222 g/mol. The number of benzene rings is 1. The maximum absolute atomic E-state index is 10.4. The van der Waals surface area contributed by atoms with E-state index in [1.165, 1.54) is 0 Å². The summed E-state index contributed by atoms with van der Waals surface area (Å²) in [6.45, 7) is 1.97. The van der Waals surface area contributed by atoms with Gasteiger partial charge < -0.3 is 5.11 Å². The van der Waals surface area contributed by atoms with Crippen LogP contribution >= 0.6 is 11.6 Å². The summed E-state index contributed by atoms with van der Waals surface area (Å²) < 4.78 is 0. The van der Waals surface area contributed by atoms with Gasteiger partial charge in [-0.3, -0.25) is 0 Å². The van der Waals surface area contributed by atoms with Gasteiger partial charge in [0, 0.05) is 5.02 Å². The molecular formula is C13H15ClO. The molecule has 0 radical (unpaired) electrons. The number of hydrogen-bond donors (Lipinski definition) is 1. The summed E-state index contributed by atoms with van der Waals surface area (Å²) in [4.78, 5) is 0. The fraction of sp³-hybridized carbons (Fsp3) is 0.385. The molecule has 0 saturated heterocycles. The van der Waals surface area contributed by atoms with E-state index in [0.717, 1.165) is 35.4 Å². The average molecular weight is 223 g/mol. The Hall–Kier alpha value is -0.790. The normalized spacial score (nSPS) is 25.5. The average Bonchev–Trinajstić information content (AvgIpc) is 2.23. The van der Waals surface area contributed by atoms with Crippen molar-refractivity contribution >= 4 is 11.6 Å². The Bertz CT molecular complexity index is 398. The van der Waals surface area contributed by atoms with Crippen LogP contribution in [-0.2, 0) is 5.60 Å². The van der Waals surface area contributed by atoms with Crippen LogP contribution in [0.5, 0.6) is 0 Å². The first-order chi connectivity index (χ1) is 7.12. The van der Waals surface area contributed by atoms with Crippen LogP contribution in [0.3, 0.4) is 0 Å². The van der Waals surface area contributed by atoms with Gasteiger partial charge in [-0.05, 0) is 43.4 Å². The molecule has 1 unspecified atom stereocenters. The van der Waals surface area contributed by atoms with E-state index in [-0.39, 0.29) is 0 Å². The van der Waals surface area contributed by atoms with Gasteiger partial charge in [0.1, 0.15) is 5.60 Å². The van der Waals surface area contributed by atoms with Crippen LogP contribution in [0.1, 0.15) is 30.4 Å². The van der Waals surface area contributed by atoms with E-state index in [9.17, 15) is 5.11 Å². The van der Waals surface area contributed by atoms with Gasteiger partial charge in [-0.1, -0.05) is 35.9 Å². The van der Waals surface area contributed by atoms with Crippen molar-refractivity contribution in [3.63, 3.8) is 0 Å². The Balaban J connectivity index is 2.40. The third-order valence-corrected chi connectivity index (χ3v) is 3.40. The van der Waals surface area contributed by atoms with Crippen molar-refractivity contribution in [1.29, 1.82) is 0 Å². The molecule has 0 bridgehead atoms. The van der Waals surface area contributed by atoms with E-state index >= 15 is 0 Å². The minimum Gasteiger partial charge on any atom is -0.381 e. The number of aliphatic hydroxyl groups is 1. The van der Waals surface area contributed by atoms with Gasteiger partial charge in [-0.15, -0.1) is 0 Å². The molecule has 1 nitrogen and oxygen atoms in total. The molecular weight excluding hydrogens is 208 g/mol. The quantitative estimate of drug-likeness (QED) is 0.721. The summed E-state index contributed by atoms with van der Waals surface area (Å²) in [6.07, 6.45) is 6.79. The van der Waals surface area contributed by atoms with E-state index in [0.29, 0.717) is 0 Å². The van der Waals surface area contributed by atoms with Crippen LogP contribution in [0.15, 0.2) is 30.4 Å². The molecule has 0 heterocycles. The maximum atomic E-state index is 10.4. The highest BCUT2D eigenvalue weighted by molar-refractivity contribution is 6.31. The van der Waals surface area contributed by atoms with E-state index in [1.54, 1.807) is 0 Å². The first-order valence-electron chi connectivity index (χ1n) is 5.28. The van der Waals surface area contributed by atoms with Crippen molar-refractivity contribution in [2.45, 2.75) is 31.8 Å². The minimum absolute atomic E-state index is 0.722. The summed E-state index contributed by atoms with van der Waals surface area (Å²) in [5.41, 5.74) is 1.13. The Labute approximate surface area is 95.4 Å². The zero-order valence-corrected chi connectivity index (χ0v) is 9.59. The maximum Gasteiger partial charge on any atom is 0.108 e. The molecule has 0 amide bonds. The molecule has 1 atom stereocenters. The molecule has 2 heteroatoms. The summed E-state index contributed by atoms with van der Waals surface area (Å²) in [6, 6.07) is 5.78. The predicted octanol–water partition coefficient (Wildman–Crippen LogP) is 3.58. The minimum atomic E-state index is -0.810. The molecule has 0 saturated carbocycles. The Kier molecular flexibility index (Phi) is 2.85. The second kappa shape index (κ2) is 3.99. The van der Waals surface area contributed by atoms with Gasteiger partial charge in [0.05, 0.1) is 0 Å². The number of allylic oxidation sites excluding steroid dienone is 1. The second-order valence-electron chi connectivity index (χ2n) is 4.18. The van der Waals surface area contributed by atoms with Crippen molar-refractivity contribution in [1.82, 2.24) is 0 Å². The first-order valence-corrected chi connectivity index (χ1v) is 5.66. The topological polar surface area (TPSA) is 20.2 Å². The lowest BCUT2D eigenvalue weighted by molar-refractivity contribution is 0.0726. The Morgan fingerprint density at radius 3 is 2.80 bits per heavy atom. The van der Waals surface area contributed by atoms with Crippen molar-refractivity contribution in [3.8, 4) is 0 Å². The third-order valence-electron chi connectivity index (χ3n) is 2.99. The number of aryl methyl sites for hydroxylation is 1. The SMILES string of the molecule is Cc1ccc(C2(O)C=CCCC2)cc1Cl. The summed E-state index contributed by atoms with van der Waals surface area (Å²) >= 11 is 6.06. The summed E-state index contributed by atoms with van der Waals surface area (Å²) in [7, 11) is 0. The van der Waals surface area contributed by atoms with Crippen LogP contribution in [0.4, 0.5) is 0 Å². The van der Waals surface area contributed by atoms with Gasteiger partial charge >= 0.3 is 0 Å². The van der Waals surface area contributed by atoms with Gasteiger partial charge in [0.15, 0.2) is 0 Å². The van der Waals surface area contributed by atoms with E-state index in [4.69, 9.17) is 11.6 Å². The van der Waals surface area contributed by atoms with Crippen LogP contribution in [-0.4, -0.2) is 5.11 Å². The molecule has 0 spiro atoms. The number of rotatable bonds is 1. The predicted molar refractivity (Wildman–Crippen MR) is 63.1 cm³/mol. The van der Waals surface area contributed by atoms with Crippen molar-refractivity contribution in [2.24, 2.45) is 0 Å². The molecule has 1 aromatic carbocycles. The van der Waals surface area contributed by atoms with Gasteiger partial charge in [-0.2, -0.15) is 0 Å². The highest BCUT2D eigenvalue weighted by Crippen LogP contribution is 2.34. The summed E-state index contributed by atoms with van der Waals surface area (Å²) in [5.74, 6) is 0. The lowest BCUT2D eigenvalue weighted by Crippen LogP contribution is -2.24. The highest BCUT2D eigenvalue weighted by Gasteiger charge is 2.27. The first kappa shape index (κ1) is 10.7. The lowest BCUT2D eigenvalue weighted by atomic mass is 9.84. The number of halogens is 1. The molecule has 2 rings (SSSR count). The number of hydrogen-bond acceptors (Lipinski definition) is 1. The van der Waals surface area contributed by atoms with E-state index in [1.807, 2.05) is 37.3 Å². The molecule has 0 aromatic heterocycles. The molecule has 1 aliphatic carbocycles. The highest BCUT2D eigenvalue weighted by atomic mass is 35.5. The fourth-order valence-electron chi connectivity index (χ4n) is 1.95. The standard InChI is InChI=1S/C13H15ClO/c1-10-5-6-11(9-12(10)14)13(15)7-3-2-4-8-13/h3,5-7,9,15H,2,4,8H2,1H3. The van der Waals surface area contributed by atoms with Crippen LogP contribution in [0.25, 0.3) is 0 Å². The van der Waals surface area contributed by atoms with Crippen molar-refractivity contribution in [3.05, 3.63) is 46.5 Å². The van der Waals surface area contributed by atoms with Gasteiger partial charge in [0.2, 0.25) is 0 Å². The second-order valence-corrected chi connectivity index (χ2v) is 4.59. The largest absolute Gasteiger partial charge is 0.381 e. The van der Waals surface area contributed by atoms with Crippen molar-refractivity contribution < 1.29 is 5.11 Å². The van der Waals surface area contributed by atoms with Gasteiger partial charge in [0.25, 0.3) is 0 Å². The fourth-order valence-corrected chi connectivity index (χ4v) is 2.13. The molecule has 1 aliphatic rings. The Morgan fingerprint density at radius 2 is 2.20 bits per heavy atom. The molecule has 1 aromatic rings. The Morgan fingerprint density at radius 1 is 1.40 bits per heavy atom. The van der Waals surface area contributed by atoms with Crippen molar-refractivity contribution in [2.75, 3.05) is 0 Å². The zero-order chi connectivity index (χ0) is 10.9. The molecule has 0 fully saturated rings. The van der Waals surface area contributed by atoms with Crippen LogP contribution < -0.4 is 0 Å². The van der Waals surface area contributed by atoms with E-state index in [2.05, 4.69) is 0 Å². The van der Waals surface area contributed by atoms with E-state index < -0.39 is 5.60 Å². The summed E-state index contributed by atoms with van der Waals surface area (Å²) in [5, 5.41) is 11.1. The molecule has 80 valence electrons. The van der Waals surface area contributed by atoms with Crippen LogP contribution in [0.2, 0.25) is 5.02 Å². The van der Waals surface area contributed by atoms with Crippen LogP contribution in [0, 0.1) is 6.92 Å². The molecule has 0 aliphatic heterocycles. The molecule has 15 heavy (non-hydrogen) atoms. The lowest BCUT2D eigenvalue weighted by Gasteiger charge is -2.28. The third kappa shape index (κ3) is 2.09.